The van der Waals surface area contributed by atoms with E-state index in [1.54, 1.807) is 10.7 Å². The zero-order valence-electron chi connectivity index (χ0n) is 57.1. The average molecular weight is 1430 g/mol. The van der Waals surface area contributed by atoms with Gasteiger partial charge in [-0.25, -0.2) is 14.3 Å². The van der Waals surface area contributed by atoms with Crippen molar-refractivity contribution in [2.24, 2.45) is 35.3 Å². The molecule has 544 valence electrons. The number of hydrogen-bond donors (Lipinski definition) is 5. The molecule has 7 aliphatic heterocycles. The van der Waals surface area contributed by atoms with Gasteiger partial charge in [0, 0.05) is 122 Å². The molecule has 0 aliphatic carbocycles. The predicted molar refractivity (Wildman–Crippen MR) is 380 cm³/mol. The summed E-state index contributed by atoms with van der Waals surface area (Å²) in [5.41, 5.74) is 9.77. The molecule has 7 aromatic rings. The van der Waals surface area contributed by atoms with E-state index in [1.807, 2.05) is 30.3 Å². The lowest BCUT2D eigenvalue weighted by Gasteiger charge is -2.22. The van der Waals surface area contributed by atoms with Crippen molar-refractivity contribution in [3.05, 3.63) is 180 Å². The number of nitrogens with two attached hydrogens (primary N) is 1. The van der Waals surface area contributed by atoms with E-state index in [0.29, 0.717) is 79.4 Å². The van der Waals surface area contributed by atoms with Gasteiger partial charge >= 0.3 is 5.97 Å². The van der Waals surface area contributed by atoms with Gasteiger partial charge in [0.2, 0.25) is 5.91 Å². The maximum atomic E-state index is 12.7. The van der Waals surface area contributed by atoms with Gasteiger partial charge in [0.1, 0.15) is 34.7 Å². The van der Waals surface area contributed by atoms with Crippen LogP contribution in [0.4, 0.5) is 0 Å². The summed E-state index contributed by atoms with van der Waals surface area (Å²) in [5, 5.41) is 25.0. The van der Waals surface area contributed by atoms with Crippen molar-refractivity contribution in [2.45, 2.75) is 136 Å². The van der Waals surface area contributed by atoms with Crippen LogP contribution in [0.15, 0.2) is 112 Å². The van der Waals surface area contributed by atoms with Crippen molar-refractivity contribution in [1.82, 2.24) is 75.0 Å². The number of carbonyl (C=O) groups is 4. The molecule has 6 N–H and O–H groups in total. The second-order valence-electron chi connectivity index (χ2n) is 26.8. The molecule has 0 bridgehead atoms. The number of hydrogen-bond acceptors (Lipinski definition) is 21. The molecule has 11 heterocycles. The van der Waals surface area contributed by atoms with Gasteiger partial charge in [0.05, 0.1) is 49.7 Å². The maximum Gasteiger partial charge on any atom is 0.338 e. The number of imide groups is 1. The van der Waals surface area contributed by atoms with Crippen molar-refractivity contribution < 1.29 is 38.2 Å². The Hall–Kier alpha value is -7.99. The SMILES string of the molecule is C.CC1CN(Cc2ccccc2)CC1c1nn2c(C3CCCOC3)ncc2c(=O)[nH]1.CC1CN(Cc2ccccc2)CC1c1nnc(CN)c(=O)[nH]1.CC1CN(Cc2ccccc2)CC1c1nnc(CNC(=O)C2CCCOC2)c(=O)[nH]1.ClCCl.O=C(ON1C(=O)CCC1=O)C1CCCOC1. The molecule has 7 fully saturated rings. The zero-order valence-corrected chi connectivity index (χ0v) is 58.6. The van der Waals surface area contributed by atoms with Crippen LogP contribution in [0.3, 0.4) is 0 Å². The number of H-pyrrole nitrogens is 3. The van der Waals surface area contributed by atoms with Crippen LogP contribution in [0.2, 0.25) is 0 Å². The fourth-order valence-corrected chi connectivity index (χ4v) is 13.8. The fourth-order valence-electron chi connectivity index (χ4n) is 13.8. The second kappa shape index (κ2) is 38.3. The average Bonchev–Trinajstić information content (AvgIpc) is 1.61. The van der Waals surface area contributed by atoms with Crippen LogP contribution in [-0.2, 0) is 71.0 Å². The lowest BCUT2D eigenvalue weighted by molar-refractivity contribution is -0.202. The number of hydroxylamine groups is 2. The minimum atomic E-state index is -0.552. The third-order valence-corrected chi connectivity index (χ3v) is 19.2. The molecule has 3 aromatic carbocycles. The van der Waals surface area contributed by atoms with E-state index >= 15 is 0 Å². The second-order valence-corrected chi connectivity index (χ2v) is 27.6. The number of aromatic nitrogens is 10. The summed E-state index contributed by atoms with van der Waals surface area (Å²) >= 11 is 9.53. The smallest absolute Gasteiger partial charge is 0.338 e. The largest absolute Gasteiger partial charge is 0.381 e. The molecule has 29 heteroatoms. The number of alkyl halides is 2. The first-order valence-corrected chi connectivity index (χ1v) is 35.7. The summed E-state index contributed by atoms with van der Waals surface area (Å²) < 4.78 is 17.9. The highest BCUT2D eigenvalue weighted by Gasteiger charge is 2.38. The van der Waals surface area contributed by atoms with Crippen LogP contribution in [0.25, 0.3) is 5.52 Å². The van der Waals surface area contributed by atoms with Gasteiger partial charge in [0.15, 0.2) is 5.52 Å². The molecule has 7 aliphatic rings. The number of aromatic amines is 3. The zero-order chi connectivity index (χ0) is 70.5. The highest BCUT2D eigenvalue weighted by Crippen LogP contribution is 2.34. The number of rotatable bonds is 16. The van der Waals surface area contributed by atoms with E-state index in [9.17, 15) is 33.6 Å². The summed E-state index contributed by atoms with van der Waals surface area (Å²) in [7, 11) is 0. The normalized spacial score (nSPS) is 23.8. The van der Waals surface area contributed by atoms with Crippen molar-refractivity contribution >= 4 is 52.4 Å². The molecule has 3 amide bonds. The Morgan fingerprint density at radius 3 is 1.45 bits per heavy atom. The Bertz CT molecular complexity index is 3950. The topological polar surface area (TPSA) is 337 Å². The molecule has 4 aromatic heterocycles. The molecule has 9 atom stereocenters. The third kappa shape index (κ3) is 21.3. The summed E-state index contributed by atoms with van der Waals surface area (Å²) in [5.74, 6) is 2.80. The van der Waals surface area contributed by atoms with Gasteiger partial charge in [-0.1, -0.05) is 119 Å². The minimum Gasteiger partial charge on any atom is -0.381 e. The molecule has 0 radical (unpaired) electrons. The molecule has 27 nitrogen and oxygen atoms in total. The highest BCUT2D eigenvalue weighted by atomic mass is 35.5. The maximum absolute atomic E-state index is 12.7. The number of nitrogens with zero attached hydrogens (tertiary/aromatic N) is 11. The Morgan fingerprint density at radius 1 is 0.574 bits per heavy atom. The van der Waals surface area contributed by atoms with Crippen LogP contribution in [0.5, 0.6) is 0 Å². The van der Waals surface area contributed by atoms with Crippen molar-refractivity contribution in [1.29, 1.82) is 0 Å². The van der Waals surface area contributed by atoms with E-state index < -0.39 is 17.8 Å². The van der Waals surface area contributed by atoms with Gasteiger partial charge in [-0.05, 0) is 73.0 Å². The monoisotopic (exact) mass is 1430 g/mol. The van der Waals surface area contributed by atoms with E-state index in [0.717, 1.165) is 109 Å². The van der Waals surface area contributed by atoms with E-state index in [2.05, 4.69) is 142 Å². The third-order valence-electron chi connectivity index (χ3n) is 19.2. The number of ether oxygens (including phenoxy) is 3. The summed E-state index contributed by atoms with van der Waals surface area (Å²) in [6.07, 6.45) is 7.08. The summed E-state index contributed by atoms with van der Waals surface area (Å²) in [4.78, 5) is 109. The number of nitrogens with one attached hydrogen (secondary N) is 4. The Balaban J connectivity index is 0.000000158. The van der Waals surface area contributed by atoms with Crippen molar-refractivity contribution in [3.8, 4) is 0 Å². The van der Waals surface area contributed by atoms with Crippen LogP contribution in [0.1, 0.15) is 155 Å². The van der Waals surface area contributed by atoms with Gasteiger partial charge in [-0.2, -0.15) is 5.10 Å². The quantitative estimate of drug-likeness (QED) is 0.0483. The van der Waals surface area contributed by atoms with Gasteiger partial charge < -0.3 is 45.1 Å². The van der Waals surface area contributed by atoms with E-state index in [4.69, 9.17) is 53.1 Å². The first kappa shape index (κ1) is 77.2. The number of amides is 3. The lowest BCUT2D eigenvalue weighted by Crippen LogP contribution is -2.37. The van der Waals surface area contributed by atoms with E-state index in [-0.39, 0.29) is 108 Å². The number of imidazole rings is 1. The number of halogens is 2. The van der Waals surface area contributed by atoms with Gasteiger partial charge in [0.25, 0.3) is 28.5 Å². The molecule has 9 unspecified atom stereocenters. The standard InChI is InChI=1S/C22H29N5O3.C22H27N5O2.C16H21N5O.C10H13NO5.CH2Cl2.CH4/c1-15-11-27(12-16-6-3-2-4-7-16)13-18(15)20-24-22(29)19(25-26-20)10-23-21(28)17-8-5-9-30-14-17;1-15-11-26(12-16-6-3-2-4-7-16)13-18(15)20-24-22(28)19-10-23-21(27(19)25-20)17-8-5-9-29-14-17;1-11-8-21(9-12-5-3-2-4-6-12)10-13(11)15-18-16(22)14(7-17)19-20-15;12-8-3-4-9(13)11(8)16-10(14)7-2-1-5-15-6-7;2-1-3;/h2-4,6-7,15,17-18H,5,8-14H2,1H3,(H,23,28)(H,24,26,29);2-4,6-7,10,15,17-18H,5,8-9,11-14H2,1H3,(H,24,25,28);2-6,11,13H,7-10,17H2,1H3,(H,18,20,22);7H,1-6H2;1H2;1H4. The summed E-state index contributed by atoms with van der Waals surface area (Å²) in [6.45, 7) is 18.6. The first-order chi connectivity index (χ1) is 48.5. The Kier molecular flexibility index (Phi) is 29.3. The molecular formula is C72H96Cl2N16O11. The molecule has 0 spiro atoms. The van der Waals surface area contributed by atoms with Crippen LogP contribution < -0.4 is 27.7 Å². The molecular weight excluding hydrogens is 1340 g/mol. The van der Waals surface area contributed by atoms with Crippen molar-refractivity contribution in [2.75, 3.05) is 84.2 Å². The first-order valence-electron chi connectivity index (χ1n) is 34.6. The molecule has 0 saturated carbocycles. The molecule has 14 rings (SSSR count). The van der Waals surface area contributed by atoms with Crippen LogP contribution >= 0.6 is 23.2 Å². The van der Waals surface area contributed by atoms with Crippen LogP contribution in [0, 0.1) is 29.6 Å². The van der Waals surface area contributed by atoms with Crippen molar-refractivity contribution in [3.63, 3.8) is 0 Å². The van der Waals surface area contributed by atoms with Gasteiger partial charge in [-0.3, -0.25) is 43.5 Å². The number of benzene rings is 3. The van der Waals surface area contributed by atoms with E-state index in [1.165, 1.54) is 16.7 Å². The summed E-state index contributed by atoms with van der Waals surface area (Å²) in [6, 6.07) is 31.3. The lowest BCUT2D eigenvalue weighted by atomic mass is 9.97. The fraction of sp³-hybridized carbons (Fsp3) is 0.542. The highest BCUT2D eigenvalue weighted by molar-refractivity contribution is 6.40. The Morgan fingerprint density at radius 2 is 1.01 bits per heavy atom. The predicted octanol–water partition coefficient (Wildman–Crippen LogP) is 6.93. The minimum absolute atomic E-state index is 0. The van der Waals surface area contributed by atoms with Crippen LogP contribution in [-0.4, -0.2) is 178 Å². The number of carbonyl (C=O) groups excluding carboxylic acids is 4. The Labute approximate surface area is 597 Å². The number of likely N-dealkylation sites (tertiary alicyclic amines) is 3. The number of fused-ring (bicyclic) bond motifs is 1. The molecule has 101 heavy (non-hydrogen) atoms. The molecule has 7 saturated heterocycles. The van der Waals surface area contributed by atoms with Gasteiger partial charge in [-0.15, -0.1) is 48.7 Å².